The molecule has 3 heterocycles. The molecule has 0 radical (unpaired) electrons. The summed E-state index contributed by atoms with van der Waals surface area (Å²) in [6, 6.07) is 15.6. The third-order valence-corrected chi connectivity index (χ3v) is 5.97. The fraction of sp³-hybridized carbons (Fsp3) is 0.280. The second-order valence-corrected chi connectivity index (χ2v) is 8.80. The number of anilines is 1. The number of amides is 1. The molecule has 5 rings (SSSR count). The summed E-state index contributed by atoms with van der Waals surface area (Å²) in [6.45, 7) is 4.88. The van der Waals surface area contributed by atoms with Gasteiger partial charge in [-0.3, -0.25) is 9.69 Å². The molecule has 0 atom stereocenters. The SMILES string of the molecule is Cc1cccc(COc2ccc(/C=N/NC(=O)c3c(CN4CCCC4)nnn3-c3nonc3N)cc2)c1. The fourth-order valence-corrected chi connectivity index (χ4v) is 4.12. The summed E-state index contributed by atoms with van der Waals surface area (Å²) in [4.78, 5) is 15.3. The quantitative estimate of drug-likeness (QED) is 0.260. The van der Waals surface area contributed by atoms with Crippen molar-refractivity contribution in [2.45, 2.75) is 32.9 Å². The van der Waals surface area contributed by atoms with Gasteiger partial charge in [0, 0.05) is 6.54 Å². The topological polar surface area (TPSA) is 150 Å². The molecule has 2 aromatic heterocycles. The zero-order valence-corrected chi connectivity index (χ0v) is 20.4. The lowest BCUT2D eigenvalue weighted by Crippen LogP contribution is -2.26. The molecular weight excluding hydrogens is 474 g/mol. The molecule has 0 aliphatic carbocycles. The second-order valence-electron chi connectivity index (χ2n) is 8.80. The van der Waals surface area contributed by atoms with Gasteiger partial charge in [0.25, 0.3) is 5.91 Å². The molecule has 1 aliphatic heterocycles. The zero-order valence-electron chi connectivity index (χ0n) is 20.4. The Morgan fingerprint density at radius 2 is 2.00 bits per heavy atom. The summed E-state index contributed by atoms with van der Waals surface area (Å²) in [5, 5.41) is 19.7. The molecule has 4 aromatic rings. The first-order valence-electron chi connectivity index (χ1n) is 11.9. The molecule has 1 fully saturated rings. The minimum Gasteiger partial charge on any atom is -0.489 e. The maximum absolute atomic E-state index is 13.1. The van der Waals surface area contributed by atoms with Crippen LogP contribution in [0.25, 0.3) is 5.82 Å². The number of hydrazone groups is 1. The minimum atomic E-state index is -0.504. The minimum absolute atomic E-state index is 0.000110. The van der Waals surface area contributed by atoms with Crippen molar-refractivity contribution in [3.63, 3.8) is 0 Å². The van der Waals surface area contributed by atoms with Crippen molar-refractivity contribution in [1.82, 2.24) is 35.6 Å². The van der Waals surface area contributed by atoms with Crippen molar-refractivity contribution in [1.29, 1.82) is 0 Å². The van der Waals surface area contributed by atoms with E-state index in [-0.39, 0.29) is 17.3 Å². The van der Waals surface area contributed by atoms with Gasteiger partial charge in [-0.15, -0.1) is 5.10 Å². The first kappa shape index (κ1) is 24.1. The Morgan fingerprint density at radius 3 is 2.73 bits per heavy atom. The monoisotopic (exact) mass is 501 g/mol. The summed E-state index contributed by atoms with van der Waals surface area (Å²) in [5.41, 5.74) is 12.1. The standard InChI is InChI=1S/C25H27N9O3/c1-17-5-4-6-19(13-17)16-36-20-9-7-18(8-10-20)14-27-29-25(35)22-21(15-33-11-2-3-12-33)28-32-34(22)24-23(26)30-37-31-24/h4-10,13-14H,2-3,11-12,15-16H2,1H3,(H2,26,30)(H,29,35)/b27-14+. The third-order valence-electron chi connectivity index (χ3n) is 5.97. The summed E-state index contributed by atoms with van der Waals surface area (Å²) >= 11 is 0. The zero-order chi connectivity index (χ0) is 25.6. The Morgan fingerprint density at radius 1 is 1.19 bits per heavy atom. The van der Waals surface area contributed by atoms with Crippen LogP contribution in [0.3, 0.4) is 0 Å². The Balaban J connectivity index is 1.25. The average Bonchev–Trinajstić information content (AvgIpc) is 3.65. The van der Waals surface area contributed by atoms with Gasteiger partial charge >= 0.3 is 0 Å². The number of hydrogen-bond acceptors (Lipinski definition) is 10. The smallest absolute Gasteiger partial charge is 0.292 e. The van der Waals surface area contributed by atoms with Gasteiger partial charge in [-0.25, -0.2) is 10.1 Å². The molecular formula is C25H27N9O3. The number of ether oxygens (including phenoxy) is 1. The van der Waals surface area contributed by atoms with E-state index in [1.165, 1.54) is 10.2 Å². The first-order valence-corrected chi connectivity index (χ1v) is 11.9. The fourth-order valence-electron chi connectivity index (χ4n) is 4.12. The van der Waals surface area contributed by atoms with Gasteiger partial charge < -0.3 is 10.5 Å². The van der Waals surface area contributed by atoms with Gasteiger partial charge in [-0.2, -0.15) is 9.78 Å². The van der Waals surface area contributed by atoms with Gasteiger partial charge in [0.2, 0.25) is 11.6 Å². The number of rotatable bonds is 9. The van der Waals surface area contributed by atoms with Gasteiger partial charge in [0.15, 0.2) is 5.69 Å². The van der Waals surface area contributed by atoms with Crippen LogP contribution in [-0.2, 0) is 13.2 Å². The predicted octanol–water partition coefficient (Wildman–Crippen LogP) is 2.48. The summed E-state index contributed by atoms with van der Waals surface area (Å²) in [6.07, 6.45) is 3.76. The van der Waals surface area contributed by atoms with Crippen LogP contribution >= 0.6 is 0 Å². The molecule has 1 aliphatic rings. The number of nitrogens with two attached hydrogens (primary N) is 1. The number of nitrogens with zero attached hydrogens (tertiary/aromatic N) is 7. The van der Waals surface area contributed by atoms with Crippen molar-refractivity contribution < 1.29 is 14.2 Å². The Kier molecular flexibility index (Phi) is 7.17. The van der Waals surface area contributed by atoms with E-state index in [4.69, 9.17) is 10.5 Å². The average molecular weight is 502 g/mol. The van der Waals surface area contributed by atoms with Gasteiger partial charge in [-0.05, 0) is 78.6 Å². The van der Waals surface area contributed by atoms with Crippen molar-refractivity contribution in [3.05, 3.63) is 76.6 Å². The number of carbonyl (C=O) groups is 1. The van der Waals surface area contributed by atoms with E-state index >= 15 is 0 Å². The number of nitrogen functional groups attached to an aromatic ring is 1. The molecule has 12 heteroatoms. The first-order chi connectivity index (χ1) is 18.1. The van der Waals surface area contributed by atoms with Crippen LogP contribution in [0.1, 0.15) is 45.7 Å². The molecule has 3 N–H and O–H groups in total. The molecule has 1 amide bonds. The van der Waals surface area contributed by atoms with Crippen LogP contribution in [-0.4, -0.2) is 55.4 Å². The molecule has 37 heavy (non-hydrogen) atoms. The van der Waals surface area contributed by atoms with Crippen molar-refractivity contribution in [3.8, 4) is 11.6 Å². The molecule has 0 saturated carbocycles. The maximum Gasteiger partial charge on any atom is 0.292 e. The van der Waals surface area contributed by atoms with Crippen LogP contribution in [0.15, 0.2) is 58.3 Å². The summed E-state index contributed by atoms with van der Waals surface area (Å²) in [7, 11) is 0. The van der Waals surface area contributed by atoms with E-state index in [0.717, 1.165) is 42.8 Å². The highest BCUT2D eigenvalue weighted by Crippen LogP contribution is 2.19. The molecule has 190 valence electrons. The Labute approximate surface area is 213 Å². The van der Waals surface area contributed by atoms with E-state index in [0.29, 0.717) is 18.8 Å². The molecule has 2 aromatic carbocycles. The van der Waals surface area contributed by atoms with Gasteiger partial charge in [0.1, 0.15) is 18.1 Å². The molecule has 12 nitrogen and oxygen atoms in total. The van der Waals surface area contributed by atoms with Crippen LogP contribution in [0.4, 0.5) is 5.82 Å². The Bertz CT molecular complexity index is 1390. The van der Waals surface area contributed by atoms with Crippen molar-refractivity contribution >= 4 is 17.9 Å². The van der Waals surface area contributed by atoms with E-state index in [1.807, 2.05) is 36.4 Å². The molecule has 1 saturated heterocycles. The van der Waals surface area contributed by atoms with E-state index < -0.39 is 5.91 Å². The highest BCUT2D eigenvalue weighted by atomic mass is 16.6. The summed E-state index contributed by atoms with van der Waals surface area (Å²) < 4.78 is 11.8. The Hall–Kier alpha value is -4.58. The second kappa shape index (κ2) is 11.0. The van der Waals surface area contributed by atoms with E-state index in [9.17, 15) is 4.79 Å². The van der Waals surface area contributed by atoms with Crippen LogP contribution in [0.5, 0.6) is 5.75 Å². The number of aryl methyl sites for hydroxylation is 1. The maximum atomic E-state index is 13.1. The summed E-state index contributed by atoms with van der Waals surface area (Å²) in [5.74, 6) is 0.328. The third kappa shape index (κ3) is 5.81. The number of aromatic nitrogens is 5. The van der Waals surface area contributed by atoms with Crippen molar-refractivity contribution in [2.24, 2.45) is 5.10 Å². The number of carbonyl (C=O) groups excluding carboxylic acids is 1. The predicted molar refractivity (Wildman–Crippen MR) is 135 cm³/mol. The lowest BCUT2D eigenvalue weighted by Gasteiger charge is -2.13. The number of likely N-dealkylation sites (tertiary alicyclic amines) is 1. The van der Waals surface area contributed by atoms with Crippen LogP contribution in [0, 0.1) is 6.92 Å². The molecule has 0 unspecified atom stereocenters. The molecule has 0 spiro atoms. The number of benzene rings is 2. The normalized spacial score (nSPS) is 13.9. The van der Waals surface area contributed by atoms with Crippen LogP contribution < -0.4 is 15.9 Å². The highest BCUT2D eigenvalue weighted by Gasteiger charge is 2.26. The lowest BCUT2D eigenvalue weighted by molar-refractivity contribution is 0.0945. The lowest BCUT2D eigenvalue weighted by atomic mass is 10.1. The number of nitrogens with one attached hydrogen (secondary N) is 1. The molecule has 0 bridgehead atoms. The van der Waals surface area contributed by atoms with Gasteiger partial charge in [-0.1, -0.05) is 35.0 Å². The van der Waals surface area contributed by atoms with Crippen molar-refractivity contribution in [2.75, 3.05) is 18.8 Å². The highest BCUT2D eigenvalue weighted by molar-refractivity contribution is 5.95. The van der Waals surface area contributed by atoms with Crippen LogP contribution in [0.2, 0.25) is 0 Å². The van der Waals surface area contributed by atoms with Gasteiger partial charge in [0.05, 0.1) is 6.21 Å². The number of hydrogen-bond donors (Lipinski definition) is 2. The van der Waals surface area contributed by atoms with E-state index in [1.54, 1.807) is 6.21 Å². The largest absolute Gasteiger partial charge is 0.489 e. The van der Waals surface area contributed by atoms with E-state index in [2.05, 4.69) is 59.7 Å².